The molecule has 1 fully saturated rings. The number of anilines is 2. The van der Waals surface area contributed by atoms with Crippen LogP contribution in [0.2, 0.25) is 5.02 Å². The van der Waals surface area contributed by atoms with Crippen molar-refractivity contribution in [3.05, 3.63) is 21.6 Å². The summed E-state index contributed by atoms with van der Waals surface area (Å²) in [6, 6.07) is 3.54. The summed E-state index contributed by atoms with van der Waals surface area (Å²) in [5, 5.41) is 3.30. The van der Waals surface area contributed by atoms with Gasteiger partial charge in [0.15, 0.2) is 0 Å². The third-order valence-corrected chi connectivity index (χ3v) is 4.90. The number of halogens is 2. The lowest BCUT2D eigenvalue weighted by atomic mass is 10.2. The van der Waals surface area contributed by atoms with Gasteiger partial charge in [-0.15, -0.1) is 0 Å². The molecule has 0 saturated carbocycles. The Balaban J connectivity index is 2.08. The van der Waals surface area contributed by atoms with Crippen molar-refractivity contribution in [2.24, 2.45) is 0 Å². The lowest BCUT2D eigenvalue weighted by molar-refractivity contribution is 0.0240. The van der Waals surface area contributed by atoms with Crippen LogP contribution < -0.4 is 10.2 Å². The molecule has 7 nitrogen and oxygen atoms in total. The fourth-order valence-electron chi connectivity index (χ4n) is 2.75. The van der Waals surface area contributed by atoms with Gasteiger partial charge in [0.2, 0.25) is 0 Å². The van der Waals surface area contributed by atoms with E-state index in [2.05, 4.69) is 26.1 Å². The summed E-state index contributed by atoms with van der Waals surface area (Å²) in [7, 11) is 0. The minimum Gasteiger partial charge on any atom is -0.444 e. The first-order chi connectivity index (χ1) is 13.2. The molecule has 9 heteroatoms. The van der Waals surface area contributed by atoms with E-state index in [4.69, 9.17) is 21.1 Å². The molecule has 1 saturated heterocycles. The van der Waals surface area contributed by atoms with Gasteiger partial charge in [0.05, 0.1) is 16.4 Å². The molecule has 0 aliphatic carbocycles. The van der Waals surface area contributed by atoms with Gasteiger partial charge in [-0.2, -0.15) is 0 Å². The Morgan fingerprint density at radius 3 is 2.07 bits per heavy atom. The van der Waals surface area contributed by atoms with Gasteiger partial charge in [0.1, 0.15) is 11.2 Å². The quantitative estimate of drug-likeness (QED) is 0.592. The summed E-state index contributed by atoms with van der Waals surface area (Å²) >= 11 is 9.87. The maximum Gasteiger partial charge on any atom is 0.412 e. The number of carbonyl (C=O) groups is 2. The fraction of sp³-hybridized carbons (Fsp3) is 0.600. The zero-order valence-electron chi connectivity index (χ0n) is 17.8. The predicted octanol–water partition coefficient (Wildman–Crippen LogP) is 5.51. The molecule has 1 aliphatic rings. The summed E-state index contributed by atoms with van der Waals surface area (Å²) < 4.78 is 11.4. The maximum atomic E-state index is 12.2. The number of nitrogens with zero attached hydrogens (tertiary/aromatic N) is 2. The van der Waals surface area contributed by atoms with Crippen molar-refractivity contribution in [3.63, 3.8) is 0 Å². The van der Waals surface area contributed by atoms with Crippen LogP contribution in [-0.2, 0) is 9.47 Å². The summed E-state index contributed by atoms with van der Waals surface area (Å²) in [6.45, 7) is 13.2. The van der Waals surface area contributed by atoms with Crippen LogP contribution in [0.25, 0.3) is 0 Å². The predicted molar refractivity (Wildman–Crippen MR) is 119 cm³/mol. The Morgan fingerprint density at radius 1 is 1.00 bits per heavy atom. The number of benzene rings is 1. The first-order valence-corrected chi connectivity index (χ1v) is 10.6. The molecular weight excluding hydrogens is 462 g/mol. The van der Waals surface area contributed by atoms with E-state index in [9.17, 15) is 9.59 Å². The van der Waals surface area contributed by atoms with Gasteiger partial charge >= 0.3 is 12.2 Å². The molecule has 1 heterocycles. The number of ether oxygens (including phenoxy) is 2. The Kier molecular flexibility index (Phi) is 7.32. The minimum absolute atomic E-state index is 0.314. The third kappa shape index (κ3) is 7.26. The first kappa shape index (κ1) is 23.6. The van der Waals surface area contributed by atoms with E-state index < -0.39 is 17.3 Å². The smallest absolute Gasteiger partial charge is 0.412 e. The lowest BCUT2D eigenvalue weighted by Crippen LogP contribution is -2.50. The molecule has 0 aromatic heterocycles. The molecule has 0 radical (unpaired) electrons. The summed E-state index contributed by atoms with van der Waals surface area (Å²) in [5.41, 5.74) is 0.230. The molecule has 1 aromatic rings. The van der Waals surface area contributed by atoms with Gasteiger partial charge in [-0.3, -0.25) is 5.32 Å². The molecule has 1 aromatic carbocycles. The van der Waals surface area contributed by atoms with Crippen LogP contribution in [0.3, 0.4) is 0 Å². The number of rotatable bonds is 2. The Hall–Kier alpha value is -1.67. The standard InChI is InChI=1S/C20H29BrClN3O4/c1-19(2,3)28-17(26)23-15-12-16(14(22)11-13(15)21)24-7-9-25(10-8-24)18(27)29-20(4,5)6/h11-12H,7-10H2,1-6H3,(H,23,26). The van der Waals surface area contributed by atoms with Gasteiger partial charge < -0.3 is 19.3 Å². The molecule has 29 heavy (non-hydrogen) atoms. The average Bonchev–Trinajstić information content (AvgIpc) is 2.54. The first-order valence-electron chi connectivity index (χ1n) is 9.47. The van der Waals surface area contributed by atoms with Crippen LogP contribution in [-0.4, -0.2) is 54.5 Å². The van der Waals surface area contributed by atoms with Crippen molar-refractivity contribution < 1.29 is 19.1 Å². The van der Waals surface area contributed by atoms with Crippen LogP contribution in [0.15, 0.2) is 16.6 Å². The Bertz CT molecular complexity index is 766. The molecule has 162 valence electrons. The van der Waals surface area contributed by atoms with E-state index >= 15 is 0 Å². The second-order valence-corrected chi connectivity index (χ2v) is 10.1. The Morgan fingerprint density at radius 2 is 1.55 bits per heavy atom. The van der Waals surface area contributed by atoms with Crippen molar-refractivity contribution in [1.29, 1.82) is 0 Å². The number of amides is 2. The third-order valence-electron chi connectivity index (χ3n) is 3.94. The van der Waals surface area contributed by atoms with E-state index in [1.807, 2.05) is 20.8 Å². The van der Waals surface area contributed by atoms with E-state index in [-0.39, 0.29) is 6.09 Å². The number of hydrogen-bond acceptors (Lipinski definition) is 5. The fourth-order valence-corrected chi connectivity index (χ4v) is 3.60. The van der Waals surface area contributed by atoms with Crippen molar-refractivity contribution in [1.82, 2.24) is 4.90 Å². The van der Waals surface area contributed by atoms with Crippen LogP contribution in [0.1, 0.15) is 41.5 Å². The molecule has 2 rings (SSSR count). The van der Waals surface area contributed by atoms with Crippen LogP contribution in [0.4, 0.5) is 21.0 Å². The zero-order valence-corrected chi connectivity index (χ0v) is 20.1. The van der Waals surface area contributed by atoms with E-state index in [1.54, 1.807) is 37.8 Å². The summed E-state index contributed by atoms with van der Waals surface area (Å²) in [4.78, 5) is 28.1. The average molecular weight is 491 g/mol. The van der Waals surface area contributed by atoms with Crippen molar-refractivity contribution >= 4 is 51.1 Å². The van der Waals surface area contributed by atoms with Crippen molar-refractivity contribution in [2.45, 2.75) is 52.7 Å². The monoisotopic (exact) mass is 489 g/mol. The SMILES string of the molecule is CC(C)(C)OC(=O)Nc1cc(N2CCN(C(=O)OC(C)(C)C)CC2)c(Cl)cc1Br. The van der Waals surface area contributed by atoms with E-state index in [0.29, 0.717) is 41.4 Å². The normalized spacial score (nSPS) is 15.2. The largest absolute Gasteiger partial charge is 0.444 e. The molecular formula is C20H29BrClN3O4. The van der Waals surface area contributed by atoms with Crippen LogP contribution >= 0.6 is 27.5 Å². The van der Waals surface area contributed by atoms with Gasteiger partial charge in [-0.05, 0) is 69.6 Å². The van der Waals surface area contributed by atoms with Crippen LogP contribution in [0.5, 0.6) is 0 Å². The molecule has 1 aliphatic heterocycles. The second kappa shape index (κ2) is 9.00. The highest BCUT2D eigenvalue weighted by Crippen LogP contribution is 2.36. The second-order valence-electron chi connectivity index (χ2n) is 8.86. The highest BCUT2D eigenvalue weighted by molar-refractivity contribution is 9.10. The highest BCUT2D eigenvalue weighted by atomic mass is 79.9. The molecule has 1 N–H and O–H groups in total. The summed E-state index contributed by atoms with van der Waals surface area (Å²) in [6.07, 6.45) is -0.854. The van der Waals surface area contributed by atoms with Gasteiger partial charge in [0, 0.05) is 30.7 Å². The molecule has 2 amide bonds. The number of carbonyl (C=O) groups excluding carboxylic acids is 2. The highest BCUT2D eigenvalue weighted by Gasteiger charge is 2.27. The molecule has 0 unspecified atom stereocenters. The van der Waals surface area contributed by atoms with Gasteiger partial charge in [0.25, 0.3) is 0 Å². The number of hydrogen-bond donors (Lipinski definition) is 1. The lowest BCUT2D eigenvalue weighted by Gasteiger charge is -2.37. The van der Waals surface area contributed by atoms with Crippen LogP contribution in [0, 0.1) is 0 Å². The number of nitrogens with one attached hydrogen (secondary N) is 1. The zero-order chi connectivity index (χ0) is 22.0. The van der Waals surface area contributed by atoms with E-state index in [1.165, 1.54) is 0 Å². The van der Waals surface area contributed by atoms with Crippen molar-refractivity contribution in [3.8, 4) is 0 Å². The topological polar surface area (TPSA) is 71.1 Å². The van der Waals surface area contributed by atoms with E-state index in [0.717, 1.165) is 5.69 Å². The summed E-state index contributed by atoms with van der Waals surface area (Å²) in [5.74, 6) is 0. The molecule has 0 spiro atoms. The minimum atomic E-state index is -0.593. The molecule has 0 atom stereocenters. The Labute approximate surface area is 185 Å². The maximum absolute atomic E-state index is 12.2. The van der Waals surface area contributed by atoms with Gasteiger partial charge in [-0.1, -0.05) is 11.6 Å². The molecule has 0 bridgehead atoms. The van der Waals surface area contributed by atoms with Gasteiger partial charge in [-0.25, -0.2) is 9.59 Å². The number of piperazine rings is 1. The van der Waals surface area contributed by atoms with Crippen molar-refractivity contribution in [2.75, 3.05) is 36.4 Å².